The molecule has 168 valence electrons. The minimum Gasteiger partial charge on any atom is -0.497 e. The fraction of sp³-hybridized carbons (Fsp3) is 0.120. The van der Waals surface area contributed by atoms with Gasteiger partial charge in [0.15, 0.2) is 0 Å². The lowest BCUT2D eigenvalue weighted by molar-refractivity contribution is -0.120. The fourth-order valence-corrected chi connectivity index (χ4v) is 3.62. The zero-order valence-electron chi connectivity index (χ0n) is 18.2. The predicted octanol–water partition coefficient (Wildman–Crippen LogP) is 4.25. The van der Waals surface area contributed by atoms with E-state index in [4.69, 9.17) is 14.2 Å². The molecule has 8 heteroatoms. The highest BCUT2D eigenvalue weighted by Gasteiger charge is 2.42. The molecule has 0 spiro atoms. The van der Waals surface area contributed by atoms with Gasteiger partial charge in [-0.1, -0.05) is 30.3 Å². The van der Waals surface area contributed by atoms with Crippen LogP contribution in [-0.4, -0.2) is 33.1 Å². The van der Waals surface area contributed by atoms with Gasteiger partial charge in [0.2, 0.25) is 0 Å². The number of ether oxygens (including phenoxy) is 3. The van der Waals surface area contributed by atoms with Gasteiger partial charge in [-0.25, -0.2) is 9.29 Å². The SMILES string of the molecule is COc1cc(NC2=C(c3ccccc3OC)C(=O)N(c3ccccc3F)C2=O)cc(OC)c1. The summed E-state index contributed by atoms with van der Waals surface area (Å²) in [7, 11) is 4.47. The molecular formula is C25H21FN2O5. The number of nitrogens with zero attached hydrogens (tertiary/aromatic N) is 1. The fourth-order valence-electron chi connectivity index (χ4n) is 3.62. The van der Waals surface area contributed by atoms with E-state index in [9.17, 15) is 14.0 Å². The number of hydrogen-bond acceptors (Lipinski definition) is 6. The van der Waals surface area contributed by atoms with Crippen molar-refractivity contribution in [2.75, 3.05) is 31.5 Å². The molecule has 0 saturated carbocycles. The van der Waals surface area contributed by atoms with Gasteiger partial charge >= 0.3 is 0 Å². The first-order valence-electron chi connectivity index (χ1n) is 9.99. The number of amides is 2. The van der Waals surface area contributed by atoms with E-state index in [0.717, 1.165) is 4.90 Å². The Balaban J connectivity index is 1.89. The maximum Gasteiger partial charge on any atom is 0.282 e. The minimum atomic E-state index is -0.701. The lowest BCUT2D eigenvalue weighted by Gasteiger charge is -2.16. The molecule has 0 atom stereocenters. The number of halogens is 1. The molecule has 3 aromatic rings. The van der Waals surface area contributed by atoms with Crippen LogP contribution >= 0.6 is 0 Å². The van der Waals surface area contributed by atoms with Crippen LogP contribution in [0, 0.1) is 5.82 Å². The van der Waals surface area contributed by atoms with E-state index in [0.29, 0.717) is 28.5 Å². The van der Waals surface area contributed by atoms with Crippen LogP contribution in [0.4, 0.5) is 15.8 Å². The van der Waals surface area contributed by atoms with E-state index in [2.05, 4.69) is 5.32 Å². The van der Waals surface area contributed by atoms with Crippen LogP contribution in [0.5, 0.6) is 17.2 Å². The summed E-state index contributed by atoms with van der Waals surface area (Å²) in [6.07, 6.45) is 0. The van der Waals surface area contributed by atoms with Crippen molar-refractivity contribution in [1.82, 2.24) is 0 Å². The summed E-state index contributed by atoms with van der Waals surface area (Å²) >= 11 is 0. The summed E-state index contributed by atoms with van der Waals surface area (Å²) < 4.78 is 30.6. The second-order valence-corrected chi connectivity index (χ2v) is 7.07. The molecule has 0 bridgehead atoms. The average Bonchev–Trinajstić information content (AvgIpc) is 3.08. The second kappa shape index (κ2) is 9.04. The quantitative estimate of drug-likeness (QED) is 0.545. The predicted molar refractivity (Wildman–Crippen MR) is 122 cm³/mol. The Labute approximate surface area is 190 Å². The molecule has 0 aromatic heterocycles. The number of imide groups is 1. The van der Waals surface area contributed by atoms with Gasteiger partial charge in [0.25, 0.3) is 11.8 Å². The van der Waals surface area contributed by atoms with E-state index in [1.54, 1.807) is 48.5 Å². The van der Waals surface area contributed by atoms with Gasteiger partial charge in [0, 0.05) is 29.4 Å². The molecule has 2 amide bonds. The van der Waals surface area contributed by atoms with Gasteiger partial charge in [0.1, 0.15) is 28.8 Å². The first kappa shape index (κ1) is 21.9. The Morgan fingerprint density at radius 1 is 0.788 bits per heavy atom. The topological polar surface area (TPSA) is 77.1 Å². The molecule has 7 nitrogen and oxygen atoms in total. The molecule has 0 aliphatic carbocycles. The number of nitrogens with one attached hydrogen (secondary N) is 1. The number of benzene rings is 3. The third-order valence-corrected chi connectivity index (χ3v) is 5.17. The largest absolute Gasteiger partial charge is 0.497 e. The highest BCUT2D eigenvalue weighted by Crippen LogP contribution is 2.38. The van der Waals surface area contributed by atoms with Crippen LogP contribution in [-0.2, 0) is 9.59 Å². The zero-order chi connectivity index (χ0) is 23.5. The van der Waals surface area contributed by atoms with Crippen molar-refractivity contribution in [3.63, 3.8) is 0 Å². The van der Waals surface area contributed by atoms with E-state index in [1.165, 1.54) is 39.5 Å². The molecule has 0 saturated heterocycles. The maximum absolute atomic E-state index is 14.6. The molecule has 3 aromatic carbocycles. The third kappa shape index (κ3) is 3.98. The van der Waals surface area contributed by atoms with Crippen LogP contribution in [0.25, 0.3) is 5.57 Å². The normalized spacial score (nSPS) is 13.4. The number of carbonyl (C=O) groups excluding carboxylic acids is 2. The van der Waals surface area contributed by atoms with Crippen LogP contribution < -0.4 is 24.4 Å². The molecule has 1 N–H and O–H groups in total. The lowest BCUT2D eigenvalue weighted by atomic mass is 10.0. The lowest BCUT2D eigenvalue weighted by Crippen LogP contribution is -2.33. The minimum absolute atomic E-state index is 0.0249. The Morgan fingerprint density at radius 2 is 1.42 bits per heavy atom. The smallest absolute Gasteiger partial charge is 0.282 e. The zero-order valence-corrected chi connectivity index (χ0v) is 18.2. The first-order valence-corrected chi connectivity index (χ1v) is 9.99. The first-order chi connectivity index (χ1) is 16.0. The van der Waals surface area contributed by atoms with E-state index >= 15 is 0 Å². The Morgan fingerprint density at radius 3 is 2.06 bits per heavy atom. The Kier molecular flexibility index (Phi) is 5.99. The van der Waals surface area contributed by atoms with Crippen molar-refractivity contribution < 1.29 is 28.2 Å². The van der Waals surface area contributed by atoms with Gasteiger partial charge in [0.05, 0.1) is 32.6 Å². The van der Waals surface area contributed by atoms with Crippen LogP contribution in [0.2, 0.25) is 0 Å². The molecule has 0 radical (unpaired) electrons. The van der Waals surface area contributed by atoms with Gasteiger partial charge in [-0.2, -0.15) is 0 Å². The summed E-state index contributed by atoms with van der Waals surface area (Å²) in [5, 5.41) is 3.02. The summed E-state index contributed by atoms with van der Waals surface area (Å²) in [4.78, 5) is 27.8. The molecule has 0 fully saturated rings. The standard InChI is InChI=1S/C25H21FN2O5/c1-31-16-12-15(13-17(14-16)32-2)27-23-22(18-8-4-7-11-21(18)33-3)24(29)28(25(23)30)20-10-6-5-9-19(20)26/h4-14,27H,1-3H3. The number of hydrogen-bond donors (Lipinski definition) is 1. The summed E-state index contributed by atoms with van der Waals surface area (Å²) in [6.45, 7) is 0. The Bertz CT molecular complexity index is 1250. The maximum atomic E-state index is 14.6. The number of para-hydroxylation sites is 2. The van der Waals surface area contributed by atoms with Crippen LogP contribution in [0.1, 0.15) is 5.56 Å². The van der Waals surface area contributed by atoms with E-state index in [1.807, 2.05) is 0 Å². The van der Waals surface area contributed by atoms with Crippen molar-refractivity contribution >= 4 is 28.8 Å². The van der Waals surface area contributed by atoms with E-state index < -0.39 is 17.6 Å². The van der Waals surface area contributed by atoms with Crippen LogP contribution in [0.3, 0.4) is 0 Å². The molecular weight excluding hydrogens is 427 g/mol. The van der Waals surface area contributed by atoms with Crippen molar-refractivity contribution in [1.29, 1.82) is 0 Å². The molecule has 4 rings (SSSR count). The molecule has 33 heavy (non-hydrogen) atoms. The second-order valence-electron chi connectivity index (χ2n) is 7.07. The van der Waals surface area contributed by atoms with Gasteiger partial charge < -0.3 is 19.5 Å². The van der Waals surface area contributed by atoms with Gasteiger partial charge in [-0.3, -0.25) is 9.59 Å². The Hall–Kier alpha value is -4.33. The number of rotatable bonds is 7. The van der Waals surface area contributed by atoms with E-state index in [-0.39, 0.29) is 17.0 Å². The average molecular weight is 448 g/mol. The molecule has 0 unspecified atom stereocenters. The molecule has 1 aliphatic rings. The van der Waals surface area contributed by atoms with Crippen molar-refractivity contribution in [2.45, 2.75) is 0 Å². The highest BCUT2D eigenvalue weighted by molar-refractivity contribution is 6.46. The van der Waals surface area contributed by atoms with Gasteiger partial charge in [-0.15, -0.1) is 0 Å². The third-order valence-electron chi connectivity index (χ3n) is 5.17. The van der Waals surface area contributed by atoms with Crippen molar-refractivity contribution in [3.8, 4) is 17.2 Å². The number of anilines is 2. The van der Waals surface area contributed by atoms with Crippen LogP contribution in [0.15, 0.2) is 72.4 Å². The van der Waals surface area contributed by atoms with Gasteiger partial charge in [-0.05, 0) is 18.2 Å². The van der Waals surface area contributed by atoms with Crippen molar-refractivity contribution in [3.05, 3.63) is 83.8 Å². The van der Waals surface area contributed by atoms with Crippen molar-refractivity contribution in [2.24, 2.45) is 0 Å². The summed E-state index contributed by atoms with van der Waals surface area (Å²) in [6, 6.07) is 17.4. The number of carbonyl (C=O) groups is 2. The number of methoxy groups -OCH3 is 3. The summed E-state index contributed by atoms with van der Waals surface area (Å²) in [5.41, 5.74) is 0.741. The summed E-state index contributed by atoms with van der Waals surface area (Å²) in [5.74, 6) is -0.702. The highest BCUT2D eigenvalue weighted by atomic mass is 19.1. The monoisotopic (exact) mass is 448 g/mol. The molecule has 1 aliphatic heterocycles. The molecule has 1 heterocycles.